The normalized spacial score (nSPS) is 10.7. The highest BCUT2D eigenvalue weighted by atomic mass is 35.5. The molecule has 0 fully saturated rings. The first kappa shape index (κ1) is 15.5. The summed E-state index contributed by atoms with van der Waals surface area (Å²) in [4.78, 5) is 16.4. The summed E-state index contributed by atoms with van der Waals surface area (Å²) in [5.41, 5.74) is 8.64. The first-order valence-electron chi connectivity index (χ1n) is 6.74. The van der Waals surface area contributed by atoms with Crippen LogP contribution in [0.2, 0.25) is 10.0 Å². The van der Waals surface area contributed by atoms with Crippen LogP contribution >= 0.6 is 23.2 Å². The van der Waals surface area contributed by atoms with Gasteiger partial charge in [-0.25, -0.2) is 0 Å². The van der Waals surface area contributed by atoms with E-state index in [1.54, 1.807) is 49.6 Å². The molecule has 2 N–H and O–H groups in total. The van der Waals surface area contributed by atoms with Crippen LogP contribution in [0.3, 0.4) is 0 Å². The molecule has 0 atom stereocenters. The van der Waals surface area contributed by atoms with E-state index >= 15 is 0 Å². The third-order valence-corrected chi connectivity index (χ3v) is 4.16. The number of hydrogen-bond donors (Lipinski definition) is 1. The van der Waals surface area contributed by atoms with E-state index in [1.165, 1.54) is 4.68 Å². The zero-order chi connectivity index (χ0) is 16.6. The summed E-state index contributed by atoms with van der Waals surface area (Å²) < 4.78 is 1.18. The molecule has 0 aliphatic heterocycles. The maximum absolute atomic E-state index is 12.5. The SMILES string of the molecule is Cc1nn(C(=O)c2ccncc2)c(N)c1-c1ccc(Cl)c(Cl)c1. The van der Waals surface area contributed by atoms with Crippen LogP contribution in [-0.4, -0.2) is 20.7 Å². The fourth-order valence-electron chi connectivity index (χ4n) is 2.33. The van der Waals surface area contributed by atoms with Crippen LogP contribution in [0.25, 0.3) is 11.1 Å². The molecule has 2 heterocycles. The van der Waals surface area contributed by atoms with Crippen LogP contribution in [0, 0.1) is 6.92 Å². The van der Waals surface area contributed by atoms with Crippen LogP contribution < -0.4 is 5.73 Å². The lowest BCUT2D eigenvalue weighted by atomic mass is 10.1. The van der Waals surface area contributed by atoms with Gasteiger partial charge in [0.25, 0.3) is 5.91 Å². The molecule has 0 spiro atoms. The molecule has 5 nitrogen and oxygen atoms in total. The third-order valence-electron chi connectivity index (χ3n) is 3.42. The van der Waals surface area contributed by atoms with E-state index in [2.05, 4.69) is 10.1 Å². The molecular formula is C16H12Cl2N4O. The van der Waals surface area contributed by atoms with Crippen molar-refractivity contribution in [2.24, 2.45) is 0 Å². The zero-order valence-corrected chi connectivity index (χ0v) is 13.6. The maximum Gasteiger partial charge on any atom is 0.280 e. The zero-order valence-electron chi connectivity index (χ0n) is 12.1. The molecule has 0 aliphatic carbocycles. The Balaban J connectivity index is 2.10. The third kappa shape index (κ3) is 2.81. The Morgan fingerprint density at radius 2 is 1.83 bits per heavy atom. The van der Waals surface area contributed by atoms with E-state index in [9.17, 15) is 4.79 Å². The molecule has 0 unspecified atom stereocenters. The van der Waals surface area contributed by atoms with Crippen LogP contribution in [0.4, 0.5) is 5.82 Å². The number of nitrogen functional groups attached to an aromatic ring is 1. The van der Waals surface area contributed by atoms with Gasteiger partial charge in [-0.05, 0) is 36.8 Å². The Morgan fingerprint density at radius 3 is 2.48 bits per heavy atom. The van der Waals surface area contributed by atoms with Crippen molar-refractivity contribution < 1.29 is 4.79 Å². The van der Waals surface area contributed by atoms with E-state index in [1.807, 2.05) is 0 Å². The number of aromatic nitrogens is 3. The average Bonchev–Trinajstić information content (AvgIpc) is 2.85. The van der Waals surface area contributed by atoms with Crippen LogP contribution in [0.15, 0.2) is 42.7 Å². The Morgan fingerprint density at radius 1 is 1.13 bits per heavy atom. The molecule has 23 heavy (non-hydrogen) atoms. The molecule has 7 heteroatoms. The molecule has 116 valence electrons. The van der Waals surface area contributed by atoms with Crippen molar-refractivity contribution in [3.63, 3.8) is 0 Å². The first-order valence-corrected chi connectivity index (χ1v) is 7.50. The quantitative estimate of drug-likeness (QED) is 0.765. The molecule has 0 saturated heterocycles. The smallest absolute Gasteiger partial charge is 0.280 e. The molecule has 3 rings (SSSR count). The molecule has 0 amide bonds. The second-order valence-electron chi connectivity index (χ2n) is 4.93. The van der Waals surface area contributed by atoms with Gasteiger partial charge in [0.1, 0.15) is 5.82 Å². The number of anilines is 1. The van der Waals surface area contributed by atoms with Crippen molar-refractivity contribution in [3.8, 4) is 11.1 Å². The number of benzene rings is 1. The molecule has 3 aromatic rings. The maximum atomic E-state index is 12.5. The molecule has 0 radical (unpaired) electrons. The Kier molecular flexibility index (Phi) is 4.07. The van der Waals surface area contributed by atoms with E-state index in [-0.39, 0.29) is 11.7 Å². The summed E-state index contributed by atoms with van der Waals surface area (Å²) in [5.74, 6) is -0.0676. The highest BCUT2D eigenvalue weighted by Gasteiger charge is 2.20. The fourth-order valence-corrected chi connectivity index (χ4v) is 2.62. The van der Waals surface area contributed by atoms with Crippen LogP contribution in [0.5, 0.6) is 0 Å². The van der Waals surface area contributed by atoms with Gasteiger partial charge in [-0.2, -0.15) is 9.78 Å². The van der Waals surface area contributed by atoms with Crippen molar-refractivity contribution in [1.29, 1.82) is 0 Å². The van der Waals surface area contributed by atoms with Crippen LogP contribution in [0.1, 0.15) is 16.1 Å². The lowest BCUT2D eigenvalue weighted by Gasteiger charge is -2.05. The van der Waals surface area contributed by atoms with E-state index in [0.29, 0.717) is 26.9 Å². The number of nitrogens with two attached hydrogens (primary N) is 1. The minimum Gasteiger partial charge on any atom is -0.383 e. The number of rotatable bonds is 2. The summed E-state index contributed by atoms with van der Waals surface area (Å²) in [5, 5.41) is 5.12. The van der Waals surface area contributed by atoms with Crippen molar-refractivity contribution in [1.82, 2.24) is 14.8 Å². The van der Waals surface area contributed by atoms with Gasteiger partial charge in [0.05, 0.1) is 15.7 Å². The molecule has 0 aliphatic rings. The molecular weight excluding hydrogens is 335 g/mol. The van der Waals surface area contributed by atoms with Crippen molar-refractivity contribution >= 4 is 34.9 Å². The summed E-state index contributed by atoms with van der Waals surface area (Å²) in [6.07, 6.45) is 3.08. The van der Waals surface area contributed by atoms with Crippen LogP contribution in [-0.2, 0) is 0 Å². The Hall–Kier alpha value is -2.37. The average molecular weight is 347 g/mol. The van der Waals surface area contributed by atoms with Gasteiger partial charge < -0.3 is 5.73 Å². The summed E-state index contributed by atoms with van der Waals surface area (Å²) in [7, 11) is 0. The first-order chi connectivity index (χ1) is 11.0. The van der Waals surface area contributed by atoms with Gasteiger partial charge in [0, 0.05) is 23.5 Å². The highest BCUT2D eigenvalue weighted by molar-refractivity contribution is 6.42. The number of carbonyl (C=O) groups is 1. The standard InChI is InChI=1S/C16H12Cl2N4O/c1-9-14(11-2-3-12(17)13(18)8-11)15(19)22(21-9)16(23)10-4-6-20-7-5-10/h2-8H,19H2,1H3. The van der Waals surface area contributed by atoms with Gasteiger partial charge in [-0.15, -0.1) is 0 Å². The second-order valence-corrected chi connectivity index (χ2v) is 5.74. The van der Waals surface area contributed by atoms with Crippen molar-refractivity contribution in [3.05, 3.63) is 64.0 Å². The highest BCUT2D eigenvalue weighted by Crippen LogP contribution is 2.33. The molecule has 0 saturated carbocycles. The predicted molar refractivity (Wildman–Crippen MR) is 90.8 cm³/mol. The Labute approximate surface area is 142 Å². The van der Waals surface area contributed by atoms with Crippen molar-refractivity contribution in [2.75, 3.05) is 5.73 Å². The number of hydrogen-bond acceptors (Lipinski definition) is 4. The van der Waals surface area contributed by atoms with Gasteiger partial charge in [-0.1, -0.05) is 29.3 Å². The summed E-state index contributed by atoms with van der Waals surface area (Å²) >= 11 is 12.0. The monoisotopic (exact) mass is 346 g/mol. The summed E-state index contributed by atoms with van der Waals surface area (Å²) in [6, 6.07) is 8.39. The van der Waals surface area contributed by atoms with Gasteiger partial charge in [0.2, 0.25) is 0 Å². The van der Waals surface area contributed by atoms with Crippen molar-refractivity contribution in [2.45, 2.75) is 6.92 Å². The number of carbonyl (C=O) groups excluding carboxylic acids is 1. The molecule has 2 aromatic heterocycles. The van der Waals surface area contributed by atoms with Gasteiger partial charge in [0.15, 0.2) is 0 Å². The minimum atomic E-state index is -0.320. The number of halogens is 2. The minimum absolute atomic E-state index is 0.253. The predicted octanol–water partition coefficient (Wildman–Crippen LogP) is 3.83. The van der Waals surface area contributed by atoms with Gasteiger partial charge in [-0.3, -0.25) is 9.78 Å². The summed E-state index contributed by atoms with van der Waals surface area (Å²) in [6.45, 7) is 1.78. The largest absolute Gasteiger partial charge is 0.383 e. The Bertz CT molecular complexity index is 891. The van der Waals surface area contributed by atoms with E-state index in [0.717, 1.165) is 5.56 Å². The van der Waals surface area contributed by atoms with Gasteiger partial charge >= 0.3 is 0 Å². The number of aryl methyl sites for hydroxylation is 1. The lowest BCUT2D eigenvalue weighted by molar-refractivity contribution is 0.0947. The lowest BCUT2D eigenvalue weighted by Crippen LogP contribution is -2.16. The topological polar surface area (TPSA) is 73.8 Å². The molecule has 1 aromatic carbocycles. The van der Waals surface area contributed by atoms with E-state index in [4.69, 9.17) is 28.9 Å². The number of nitrogens with zero attached hydrogens (tertiary/aromatic N) is 3. The number of pyridine rings is 1. The second kappa shape index (κ2) is 6.02. The fraction of sp³-hybridized carbons (Fsp3) is 0.0625. The molecule has 0 bridgehead atoms. The van der Waals surface area contributed by atoms with E-state index < -0.39 is 0 Å².